The molecule has 2 aromatic rings. The molecule has 120 valence electrons. The molecule has 6 heteroatoms. The first-order valence-corrected chi connectivity index (χ1v) is 7.91. The van der Waals surface area contributed by atoms with Crippen molar-refractivity contribution < 1.29 is 9.59 Å². The molecule has 0 aromatic heterocycles. The van der Waals surface area contributed by atoms with Crippen LogP contribution >= 0.6 is 15.9 Å². The SMILES string of the molecule is CNC(=O)c1ccccc1NCC(=O)Nc1ccc(C)cc1Br. The molecule has 2 aromatic carbocycles. The Bertz CT molecular complexity index is 732. The van der Waals surface area contributed by atoms with Crippen molar-refractivity contribution in [1.29, 1.82) is 0 Å². The lowest BCUT2D eigenvalue weighted by Crippen LogP contribution is -2.24. The van der Waals surface area contributed by atoms with E-state index in [4.69, 9.17) is 0 Å². The first kappa shape index (κ1) is 17.0. The summed E-state index contributed by atoms with van der Waals surface area (Å²) in [6.45, 7) is 2.04. The molecule has 23 heavy (non-hydrogen) atoms. The lowest BCUT2D eigenvalue weighted by molar-refractivity contribution is -0.114. The Morgan fingerprint density at radius 3 is 2.52 bits per heavy atom. The van der Waals surface area contributed by atoms with Crippen molar-refractivity contribution in [2.75, 3.05) is 24.2 Å². The molecule has 0 aliphatic rings. The molecule has 0 saturated carbocycles. The number of amides is 2. The van der Waals surface area contributed by atoms with E-state index < -0.39 is 0 Å². The van der Waals surface area contributed by atoms with Crippen molar-refractivity contribution in [3.63, 3.8) is 0 Å². The number of para-hydroxylation sites is 1. The molecule has 0 saturated heterocycles. The van der Waals surface area contributed by atoms with Crippen LogP contribution < -0.4 is 16.0 Å². The second kappa shape index (κ2) is 7.78. The van der Waals surface area contributed by atoms with E-state index in [0.29, 0.717) is 16.9 Å². The average molecular weight is 376 g/mol. The summed E-state index contributed by atoms with van der Waals surface area (Å²) in [5, 5.41) is 8.39. The summed E-state index contributed by atoms with van der Waals surface area (Å²) < 4.78 is 0.830. The van der Waals surface area contributed by atoms with Crippen LogP contribution in [0.15, 0.2) is 46.9 Å². The topological polar surface area (TPSA) is 70.2 Å². The molecule has 0 heterocycles. The molecule has 0 aliphatic carbocycles. The minimum absolute atomic E-state index is 0.0638. The Kier molecular flexibility index (Phi) is 5.76. The maximum Gasteiger partial charge on any atom is 0.253 e. The number of nitrogens with one attached hydrogen (secondary N) is 3. The number of halogens is 1. The molecule has 0 aliphatic heterocycles. The van der Waals surface area contributed by atoms with Gasteiger partial charge in [0.05, 0.1) is 17.8 Å². The van der Waals surface area contributed by atoms with Gasteiger partial charge in [0, 0.05) is 17.2 Å². The van der Waals surface area contributed by atoms with E-state index in [-0.39, 0.29) is 18.4 Å². The highest BCUT2D eigenvalue weighted by atomic mass is 79.9. The number of hydrogen-bond donors (Lipinski definition) is 3. The number of rotatable bonds is 5. The van der Waals surface area contributed by atoms with Crippen LogP contribution in [0.2, 0.25) is 0 Å². The first-order chi connectivity index (χ1) is 11.0. The molecule has 2 amide bonds. The van der Waals surface area contributed by atoms with Crippen LogP contribution in [-0.4, -0.2) is 25.4 Å². The average Bonchev–Trinajstić information content (AvgIpc) is 2.55. The molecular formula is C17H18BrN3O2. The molecule has 2 rings (SSSR count). The molecule has 0 unspecified atom stereocenters. The second-order valence-electron chi connectivity index (χ2n) is 5.01. The van der Waals surface area contributed by atoms with Crippen molar-refractivity contribution in [3.8, 4) is 0 Å². The van der Waals surface area contributed by atoms with Crippen LogP contribution in [0, 0.1) is 6.92 Å². The predicted octanol–water partition coefficient (Wildman–Crippen LogP) is 3.17. The summed E-state index contributed by atoms with van der Waals surface area (Å²) in [6, 6.07) is 12.8. The zero-order valence-electron chi connectivity index (χ0n) is 12.9. The predicted molar refractivity (Wildman–Crippen MR) is 95.8 cm³/mol. The Morgan fingerprint density at radius 1 is 1.09 bits per heavy atom. The third-order valence-corrected chi connectivity index (χ3v) is 3.89. The Morgan fingerprint density at radius 2 is 1.83 bits per heavy atom. The largest absolute Gasteiger partial charge is 0.376 e. The summed E-state index contributed by atoms with van der Waals surface area (Å²) >= 11 is 3.42. The third kappa shape index (κ3) is 4.56. The van der Waals surface area contributed by atoms with Gasteiger partial charge in [-0.1, -0.05) is 18.2 Å². The molecule has 0 atom stereocenters. The van der Waals surface area contributed by atoms with E-state index in [9.17, 15) is 9.59 Å². The van der Waals surface area contributed by atoms with Gasteiger partial charge in [-0.3, -0.25) is 9.59 Å². The summed E-state index contributed by atoms with van der Waals surface area (Å²) in [7, 11) is 1.57. The first-order valence-electron chi connectivity index (χ1n) is 7.12. The van der Waals surface area contributed by atoms with Gasteiger partial charge >= 0.3 is 0 Å². The van der Waals surface area contributed by atoms with Crippen LogP contribution in [0.1, 0.15) is 15.9 Å². The Labute approximate surface area is 143 Å². The molecule has 5 nitrogen and oxygen atoms in total. The normalized spacial score (nSPS) is 10.0. The highest BCUT2D eigenvalue weighted by Gasteiger charge is 2.11. The highest BCUT2D eigenvalue weighted by Crippen LogP contribution is 2.23. The monoisotopic (exact) mass is 375 g/mol. The maximum absolute atomic E-state index is 12.1. The van der Waals surface area contributed by atoms with Crippen LogP contribution in [-0.2, 0) is 4.79 Å². The van der Waals surface area contributed by atoms with Crippen LogP contribution in [0.5, 0.6) is 0 Å². The minimum atomic E-state index is -0.199. The number of carbonyl (C=O) groups is 2. The zero-order chi connectivity index (χ0) is 16.8. The van der Waals surface area contributed by atoms with Crippen LogP contribution in [0.25, 0.3) is 0 Å². The fraction of sp³-hybridized carbons (Fsp3) is 0.176. The number of anilines is 2. The Balaban J connectivity index is 2.01. The number of aryl methyl sites for hydroxylation is 1. The van der Waals surface area contributed by atoms with Crippen molar-refractivity contribution in [1.82, 2.24) is 5.32 Å². The quantitative estimate of drug-likeness (QED) is 0.751. The van der Waals surface area contributed by atoms with Crippen molar-refractivity contribution in [2.24, 2.45) is 0 Å². The number of benzene rings is 2. The van der Waals surface area contributed by atoms with Crippen molar-refractivity contribution >= 4 is 39.1 Å². The van der Waals surface area contributed by atoms with Gasteiger partial charge in [-0.25, -0.2) is 0 Å². The molecule has 0 radical (unpaired) electrons. The van der Waals surface area contributed by atoms with Crippen molar-refractivity contribution in [3.05, 3.63) is 58.1 Å². The van der Waals surface area contributed by atoms with Gasteiger partial charge in [0.25, 0.3) is 5.91 Å². The number of hydrogen-bond acceptors (Lipinski definition) is 3. The highest BCUT2D eigenvalue weighted by molar-refractivity contribution is 9.10. The fourth-order valence-electron chi connectivity index (χ4n) is 2.06. The van der Waals surface area contributed by atoms with Gasteiger partial charge < -0.3 is 16.0 Å². The second-order valence-corrected chi connectivity index (χ2v) is 5.86. The van der Waals surface area contributed by atoms with E-state index >= 15 is 0 Å². The molecule has 0 bridgehead atoms. The summed E-state index contributed by atoms with van der Waals surface area (Å²) in [5.41, 5.74) is 2.93. The Hall–Kier alpha value is -2.34. The number of carbonyl (C=O) groups excluding carboxylic acids is 2. The smallest absolute Gasteiger partial charge is 0.253 e. The molecule has 3 N–H and O–H groups in total. The standard InChI is InChI=1S/C17H18BrN3O2/c1-11-7-8-15(13(18)9-11)21-16(22)10-20-14-6-4-3-5-12(14)17(23)19-2/h3-9,20H,10H2,1-2H3,(H,19,23)(H,21,22). The van der Waals surface area contributed by atoms with Crippen molar-refractivity contribution in [2.45, 2.75) is 6.92 Å². The van der Waals surface area contributed by atoms with E-state index in [1.165, 1.54) is 0 Å². The third-order valence-electron chi connectivity index (χ3n) is 3.24. The molecule has 0 spiro atoms. The van der Waals surface area contributed by atoms with E-state index in [1.54, 1.807) is 25.2 Å². The van der Waals surface area contributed by atoms with Crippen LogP contribution in [0.4, 0.5) is 11.4 Å². The van der Waals surface area contributed by atoms with Gasteiger partial charge in [-0.05, 0) is 52.7 Å². The molecular weight excluding hydrogens is 358 g/mol. The molecule has 0 fully saturated rings. The van der Waals surface area contributed by atoms with E-state index in [1.807, 2.05) is 31.2 Å². The zero-order valence-corrected chi connectivity index (χ0v) is 14.5. The fourth-order valence-corrected chi connectivity index (χ4v) is 2.65. The minimum Gasteiger partial charge on any atom is -0.376 e. The maximum atomic E-state index is 12.1. The summed E-state index contributed by atoms with van der Waals surface area (Å²) in [6.07, 6.45) is 0. The lowest BCUT2D eigenvalue weighted by atomic mass is 10.1. The lowest BCUT2D eigenvalue weighted by Gasteiger charge is -2.12. The van der Waals surface area contributed by atoms with Gasteiger partial charge in [0.15, 0.2) is 0 Å². The summed E-state index contributed by atoms with van der Waals surface area (Å²) in [5.74, 6) is -0.393. The van der Waals surface area contributed by atoms with Gasteiger partial charge in [-0.15, -0.1) is 0 Å². The van der Waals surface area contributed by atoms with Gasteiger partial charge in [0.1, 0.15) is 0 Å². The van der Waals surface area contributed by atoms with Gasteiger partial charge in [0.2, 0.25) is 5.91 Å². The van der Waals surface area contributed by atoms with Crippen LogP contribution in [0.3, 0.4) is 0 Å². The van der Waals surface area contributed by atoms with E-state index in [0.717, 1.165) is 10.0 Å². The van der Waals surface area contributed by atoms with Gasteiger partial charge in [-0.2, -0.15) is 0 Å². The van der Waals surface area contributed by atoms with E-state index in [2.05, 4.69) is 31.9 Å². The summed E-state index contributed by atoms with van der Waals surface area (Å²) in [4.78, 5) is 23.9.